The van der Waals surface area contributed by atoms with Gasteiger partial charge in [-0.2, -0.15) is 9.97 Å². The van der Waals surface area contributed by atoms with Crippen molar-refractivity contribution < 1.29 is 9.47 Å². The van der Waals surface area contributed by atoms with E-state index in [9.17, 15) is 0 Å². The van der Waals surface area contributed by atoms with E-state index in [4.69, 9.17) is 15.2 Å². The molecule has 0 aliphatic rings. The third-order valence-corrected chi connectivity index (χ3v) is 3.46. The number of hydrogen-bond donors (Lipinski definition) is 1. The van der Waals surface area contributed by atoms with E-state index in [1.807, 2.05) is 62.4 Å². The molecule has 3 aromatic rings. The normalized spacial score (nSPS) is 10.3. The van der Waals surface area contributed by atoms with E-state index in [2.05, 4.69) is 9.97 Å². The van der Waals surface area contributed by atoms with Crippen LogP contribution in [0.1, 0.15) is 11.1 Å². The van der Waals surface area contributed by atoms with Crippen LogP contribution in [0.25, 0.3) is 0 Å². The van der Waals surface area contributed by atoms with E-state index in [0.717, 1.165) is 5.56 Å². The molecule has 5 nitrogen and oxygen atoms in total. The van der Waals surface area contributed by atoms with Crippen LogP contribution in [0.4, 0.5) is 5.69 Å². The van der Waals surface area contributed by atoms with Crippen molar-refractivity contribution in [3.05, 3.63) is 66.0 Å². The van der Waals surface area contributed by atoms with E-state index in [-0.39, 0.29) is 17.4 Å². The number of ether oxygens (including phenoxy) is 2. The Labute approximate surface area is 134 Å². The van der Waals surface area contributed by atoms with Gasteiger partial charge in [0.25, 0.3) is 0 Å². The number of nitrogens with zero attached hydrogens (tertiary/aromatic N) is 2. The Morgan fingerprint density at radius 1 is 0.783 bits per heavy atom. The van der Waals surface area contributed by atoms with E-state index >= 15 is 0 Å². The number of nitrogen functional groups attached to an aromatic ring is 1. The lowest BCUT2D eigenvalue weighted by atomic mass is 10.1. The molecule has 0 saturated heterocycles. The number of aryl methyl sites for hydroxylation is 2. The average Bonchev–Trinajstić information content (AvgIpc) is 2.56. The maximum atomic E-state index is 6.07. The Balaban J connectivity index is 1.86. The fourth-order valence-electron chi connectivity index (χ4n) is 2.02. The zero-order valence-corrected chi connectivity index (χ0v) is 13.0. The second-order valence-electron chi connectivity index (χ2n) is 5.16. The van der Waals surface area contributed by atoms with Crippen LogP contribution in [0.5, 0.6) is 23.3 Å². The summed E-state index contributed by atoms with van der Waals surface area (Å²) < 4.78 is 11.4. The minimum absolute atomic E-state index is 0.259. The highest BCUT2D eigenvalue weighted by Gasteiger charge is 2.12. The number of anilines is 1. The molecule has 3 rings (SSSR count). The van der Waals surface area contributed by atoms with Gasteiger partial charge >= 0.3 is 0 Å². The smallest absolute Gasteiger partial charge is 0.249 e. The molecule has 23 heavy (non-hydrogen) atoms. The van der Waals surface area contributed by atoms with Crippen LogP contribution in [0, 0.1) is 13.8 Å². The van der Waals surface area contributed by atoms with Gasteiger partial charge in [-0.1, -0.05) is 24.3 Å². The predicted molar refractivity (Wildman–Crippen MR) is 89.0 cm³/mol. The van der Waals surface area contributed by atoms with Gasteiger partial charge in [-0.3, -0.25) is 0 Å². The maximum absolute atomic E-state index is 6.07. The van der Waals surface area contributed by atoms with Gasteiger partial charge in [0.05, 0.1) is 0 Å². The van der Waals surface area contributed by atoms with Crippen LogP contribution in [-0.4, -0.2) is 9.97 Å². The molecule has 0 unspecified atom stereocenters. The van der Waals surface area contributed by atoms with Gasteiger partial charge in [-0.05, 0) is 49.2 Å². The minimum atomic E-state index is 0.259. The van der Waals surface area contributed by atoms with Crippen molar-refractivity contribution in [1.82, 2.24) is 9.97 Å². The lowest BCUT2D eigenvalue weighted by Crippen LogP contribution is -2.00. The van der Waals surface area contributed by atoms with Crippen LogP contribution in [0.15, 0.2) is 54.9 Å². The van der Waals surface area contributed by atoms with Crippen molar-refractivity contribution in [1.29, 1.82) is 0 Å². The Bertz CT molecular complexity index is 820. The fourth-order valence-corrected chi connectivity index (χ4v) is 2.02. The Hall–Kier alpha value is -3.08. The standard InChI is InChI=1S/C18H17N3O2/c1-12-8-9-15(10-13(12)2)23-18-16(19)17(20-11-21-18)22-14-6-4-3-5-7-14/h3-11H,19H2,1-2H3. The van der Waals surface area contributed by atoms with E-state index < -0.39 is 0 Å². The molecule has 0 radical (unpaired) electrons. The van der Waals surface area contributed by atoms with E-state index in [0.29, 0.717) is 11.5 Å². The molecule has 1 heterocycles. The van der Waals surface area contributed by atoms with Crippen LogP contribution in [0.3, 0.4) is 0 Å². The molecule has 0 spiro atoms. The molecule has 0 aliphatic carbocycles. The minimum Gasteiger partial charge on any atom is -0.437 e. The SMILES string of the molecule is Cc1ccc(Oc2ncnc(Oc3ccccc3)c2N)cc1C. The lowest BCUT2D eigenvalue weighted by molar-refractivity contribution is 0.438. The fraction of sp³-hybridized carbons (Fsp3) is 0.111. The van der Waals surface area contributed by atoms with Gasteiger partial charge < -0.3 is 15.2 Å². The monoisotopic (exact) mass is 307 g/mol. The third-order valence-electron chi connectivity index (χ3n) is 3.46. The second kappa shape index (κ2) is 6.36. The molecule has 1 aromatic heterocycles. The van der Waals surface area contributed by atoms with Crippen molar-refractivity contribution in [2.45, 2.75) is 13.8 Å². The summed E-state index contributed by atoms with van der Waals surface area (Å²) in [6.45, 7) is 4.07. The van der Waals surface area contributed by atoms with Crippen LogP contribution in [-0.2, 0) is 0 Å². The molecular formula is C18H17N3O2. The van der Waals surface area contributed by atoms with Crippen molar-refractivity contribution in [2.75, 3.05) is 5.73 Å². The lowest BCUT2D eigenvalue weighted by Gasteiger charge is -2.11. The Morgan fingerprint density at radius 3 is 2.09 bits per heavy atom. The summed E-state index contributed by atoms with van der Waals surface area (Å²) in [6, 6.07) is 15.1. The molecule has 0 fully saturated rings. The quantitative estimate of drug-likeness (QED) is 0.779. The average molecular weight is 307 g/mol. The van der Waals surface area contributed by atoms with Crippen LogP contribution >= 0.6 is 0 Å². The second-order valence-corrected chi connectivity index (χ2v) is 5.16. The number of rotatable bonds is 4. The zero-order chi connectivity index (χ0) is 16.2. The molecule has 5 heteroatoms. The molecule has 0 aliphatic heterocycles. The summed E-state index contributed by atoms with van der Waals surface area (Å²) in [4.78, 5) is 8.16. The summed E-state index contributed by atoms with van der Waals surface area (Å²) >= 11 is 0. The first kappa shape index (κ1) is 14.8. The van der Waals surface area contributed by atoms with Gasteiger partial charge in [-0.15, -0.1) is 0 Å². The highest BCUT2D eigenvalue weighted by Crippen LogP contribution is 2.33. The van der Waals surface area contributed by atoms with Crippen LogP contribution in [0.2, 0.25) is 0 Å². The van der Waals surface area contributed by atoms with Crippen molar-refractivity contribution in [3.8, 4) is 23.3 Å². The van der Waals surface area contributed by atoms with Gasteiger partial charge in [0.15, 0.2) is 5.69 Å². The molecule has 0 saturated carbocycles. The van der Waals surface area contributed by atoms with E-state index in [1.165, 1.54) is 11.9 Å². The van der Waals surface area contributed by atoms with Gasteiger partial charge in [0.1, 0.15) is 17.8 Å². The molecule has 116 valence electrons. The maximum Gasteiger partial charge on any atom is 0.249 e. The highest BCUT2D eigenvalue weighted by molar-refractivity contribution is 5.58. The predicted octanol–water partition coefficient (Wildman–Crippen LogP) is 4.26. The Morgan fingerprint density at radius 2 is 1.43 bits per heavy atom. The summed E-state index contributed by atoms with van der Waals surface area (Å²) in [5, 5.41) is 0. The zero-order valence-electron chi connectivity index (χ0n) is 13.0. The van der Waals surface area contributed by atoms with Gasteiger partial charge in [0, 0.05) is 0 Å². The molecule has 0 atom stereocenters. The number of para-hydroxylation sites is 1. The summed E-state index contributed by atoms with van der Waals surface area (Å²) in [7, 11) is 0. The first-order valence-electron chi connectivity index (χ1n) is 7.22. The Kier molecular flexibility index (Phi) is 4.10. The first-order valence-corrected chi connectivity index (χ1v) is 7.22. The summed E-state index contributed by atoms with van der Waals surface area (Å²) in [5.41, 5.74) is 8.66. The third kappa shape index (κ3) is 3.40. The number of nitrogens with two attached hydrogens (primary N) is 1. The molecule has 0 amide bonds. The van der Waals surface area contributed by atoms with Crippen molar-refractivity contribution >= 4 is 5.69 Å². The summed E-state index contributed by atoms with van der Waals surface area (Å²) in [5.74, 6) is 1.86. The number of benzene rings is 2. The first-order chi connectivity index (χ1) is 11.1. The van der Waals surface area contributed by atoms with Crippen LogP contribution < -0.4 is 15.2 Å². The van der Waals surface area contributed by atoms with Crippen molar-refractivity contribution in [2.24, 2.45) is 0 Å². The highest BCUT2D eigenvalue weighted by atomic mass is 16.5. The van der Waals surface area contributed by atoms with E-state index in [1.54, 1.807) is 0 Å². The molecule has 2 N–H and O–H groups in total. The largest absolute Gasteiger partial charge is 0.437 e. The number of aromatic nitrogens is 2. The number of hydrogen-bond acceptors (Lipinski definition) is 5. The topological polar surface area (TPSA) is 70.3 Å². The van der Waals surface area contributed by atoms with Gasteiger partial charge in [-0.25, -0.2) is 0 Å². The van der Waals surface area contributed by atoms with Crippen molar-refractivity contribution in [3.63, 3.8) is 0 Å². The van der Waals surface area contributed by atoms with Gasteiger partial charge in [0.2, 0.25) is 11.8 Å². The molecule has 0 bridgehead atoms. The summed E-state index contributed by atoms with van der Waals surface area (Å²) in [6.07, 6.45) is 1.37. The molecule has 2 aromatic carbocycles. The molecular weight excluding hydrogens is 290 g/mol.